The van der Waals surface area contributed by atoms with Gasteiger partial charge in [-0.15, -0.1) is 0 Å². The highest BCUT2D eigenvalue weighted by Crippen LogP contribution is 2.32. The molecule has 10 heteroatoms. The molecule has 0 aromatic heterocycles. The van der Waals surface area contributed by atoms with Gasteiger partial charge in [0.2, 0.25) is 17.7 Å². The van der Waals surface area contributed by atoms with Gasteiger partial charge in [0.1, 0.15) is 12.6 Å². The molecule has 10 nitrogen and oxygen atoms in total. The van der Waals surface area contributed by atoms with Crippen LogP contribution in [0.5, 0.6) is 0 Å². The molecule has 0 saturated carbocycles. The van der Waals surface area contributed by atoms with Crippen molar-refractivity contribution in [1.82, 2.24) is 10.6 Å². The van der Waals surface area contributed by atoms with Crippen molar-refractivity contribution in [1.29, 1.82) is 0 Å². The summed E-state index contributed by atoms with van der Waals surface area (Å²) in [6.07, 6.45) is -1.01. The van der Waals surface area contributed by atoms with Gasteiger partial charge in [-0.25, -0.2) is 0 Å². The van der Waals surface area contributed by atoms with E-state index in [4.69, 9.17) is 19.9 Å². The van der Waals surface area contributed by atoms with Crippen molar-refractivity contribution >= 4 is 23.7 Å². The van der Waals surface area contributed by atoms with Crippen molar-refractivity contribution in [3.8, 4) is 0 Å². The van der Waals surface area contributed by atoms with Gasteiger partial charge in [-0.1, -0.05) is 51.1 Å². The highest BCUT2D eigenvalue weighted by Gasteiger charge is 2.43. The Balaban J connectivity index is 2.02. The summed E-state index contributed by atoms with van der Waals surface area (Å²) in [6, 6.07) is 7.94. The van der Waals surface area contributed by atoms with Crippen LogP contribution in [0.15, 0.2) is 30.3 Å². The zero-order chi connectivity index (χ0) is 26.1. The first-order valence-electron chi connectivity index (χ1n) is 11.8. The third-order valence-corrected chi connectivity index (χ3v) is 6.31. The molecule has 1 heterocycles. The van der Waals surface area contributed by atoms with Crippen LogP contribution in [0.25, 0.3) is 0 Å². The fourth-order valence-electron chi connectivity index (χ4n) is 3.96. The molecule has 194 valence electrons. The van der Waals surface area contributed by atoms with Crippen LogP contribution in [0.4, 0.5) is 0 Å². The molecule has 2 unspecified atom stereocenters. The van der Waals surface area contributed by atoms with Crippen LogP contribution in [-0.4, -0.2) is 61.4 Å². The number of primary amides is 1. The van der Waals surface area contributed by atoms with Gasteiger partial charge in [-0.05, 0) is 17.4 Å². The Morgan fingerprint density at radius 3 is 2.31 bits per heavy atom. The van der Waals surface area contributed by atoms with Gasteiger partial charge >= 0.3 is 5.97 Å². The van der Waals surface area contributed by atoms with Gasteiger partial charge in [0.15, 0.2) is 6.29 Å². The number of nitrogens with one attached hydrogen (secondary N) is 2. The number of carbonyl (C=O) groups excluding carboxylic acids is 4. The van der Waals surface area contributed by atoms with Crippen LogP contribution < -0.4 is 16.4 Å². The van der Waals surface area contributed by atoms with E-state index in [0.29, 0.717) is 0 Å². The first kappa shape index (κ1) is 28.3. The smallest absolute Gasteiger partial charge is 0.302 e. The number of hydrogen-bond donors (Lipinski definition) is 3. The Morgan fingerprint density at radius 1 is 1.09 bits per heavy atom. The Labute approximate surface area is 206 Å². The first-order chi connectivity index (χ1) is 16.5. The maximum absolute atomic E-state index is 12.8. The van der Waals surface area contributed by atoms with Crippen molar-refractivity contribution in [2.24, 2.45) is 23.5 Å². The van der Waals surface area contributed by atoms with E-state index in [1.165, 1.54) is 13.8 Å². The molecule has 2 rings (SSSR count). The molecule has 1 fully saturated rings. The summed E-state index contributed by atoms with van der Waals surface area (Å²) in [6.45, 7) is 8.34. The molecule has 0 radical (unpaired) electrons. The summed E-state index contributed by atoms with van der Waals surface area (Å²) in [5, 5.41) is 5.56. The topological polar surface area (TPSA) is 146 Å². The molecule has 1 aromatic rings. The fraction of sp³-hybridized carbons (Fsp3) is 0.600. The SMILES string of the molecule is CC(=O)N[C@@H]1C(OC[C@H](C)C(=O)N[C@@H](Cc2ccccc2)C(N)=O)OC(COC(C)=O)[C@@H](C)[C@@H]1C. The second kappa shape index (κ2) is 13.2. The van der Waals surface area contributed by atoms with Gasteiger partial charge in [0, 0.05) is 20.3 Å². The van der Waals surface area contributed by atoms with Crippen molar-refractivity contribution in [3.63, 3.8) is 0 Å². The first-order valence-corrected chi connectivity index (χ1v) is 11.8. The second-order valence-corrected chi connectivity index (χ2v) is 9.18. The Kier molecular flexibility index (Phi) is 10.7. The van der Waals surface area contributed by atoms with Crippen LogP contribution in [0.1, 0.15) is 40.2 Å². The number of carbonyl (C=O) groups is 4. The predicted molar refractivity (Wildman–Crippen MR) is 128 cm³/mol. The number of hydrogen-bond acceptors (Lipinski definition) is 7. The fourth-order valence-corrected chi connectivity index (χ4v) is 3.96. The maximum Gasteiger partial charge on any atom is 0.302 e. The zero-order valence-corrected chi connectivity index (χ0v) is 21.0. The van der Waals surface area contributed by atoms with Crippen molar-refractivity contribution in [2.45, 2.75) is 65.5 Å². The van der Waals surface area contributed by atoms with Gasteiger partial charge in [-0.3, -0.25) is 19.2 Å². The van der Waals surface area contributed by atoms with E-state index in [9.17, 15) is 19.2 Å². The van der Waals surface area contributed by atoms with Gasteiger partial charge < -0.3 is 30.6 Å². The largest absolute Gasteiger partial charge is 0.463 e. The lowest BCUT2D eigenvalue weighted by atomic mass is 9.82. The Bertz CT molecular complexity index is 877. The molecule has 1 aliphatic heterocycles. The molecule has 0 spiro atoms. The van der Waals surface area contributed by atoms with Gasteiger partial charge in [-0.2, -0.15) is 0 Å². The van der Waals surface area contributed by atoms with Crippen LogP contribution in [0.3, 0.4) is 0 Å². The monoisotopic (exact) mass is 491 g/mol. The number of amides is 3. The third kappa shape index (κ3) is 8.63. The van der Waals surface area contributed by atoms with E-state index in [1.54, 1.807) is 6.92 Å². The van der Waals surface area contributed by atoms with Crippen molar-refractivity contribution in [2.75, 3.05) is 13.2 Å². The summed E-state index contributed by atoms with van der Waals surface area (Å²) in [5.74, 6) is -2.38. The van der Waals surface area contributed by atoms with Gasteiger partial charge in [0.25, 0.3) is 0 Å². The molecule has 3 amide bonds. The summed E-state index contributed by atoms with van der Waals surface area (Å²) in [7, 11) is 0. The number of nitrogens with two attached hydrogens (primary N) is 1. The molecular weight excluding hydrogens is 454 g/mol. The lowest BCUT2D eigenvalue weighted by Gasteiger charge is -2.44. The summed E-state index contributed by atoms with van der Waals surface area (Å²) >= 11 is 0. The molecule has 1 aromatic carbocycles. The van der Waals surface area contributed by atoms with Crippen molar-refractivity contribution in [3.05, 3.63) is 35.9 Å². The minimum Gasteiger partial charge on any atom is -0.463 e. The lowest BCUT2D eigenvalue weighted by Crippen LogP contribution is -2.58. The molecular formula is C25H37N3O7. The molecule has 7 atom stereocenters. The Hall–Kier alpha value is -2.98. The molecule has 1 aliphatic rings. The second-order valence-electron chi connectivity index (χ2n) is 9.18. The van der Waals surface area contributed by atoms with Crippen LogP contribution in [-0.2, 0) is 39.8 Å². The average Bonchev–Trinajstić information content (AvgIpc) is 2.80. The van der Waals surface area contributed by atoms with E-state index < -0.39 is 48.2 Å². The Morgan fingerprint density at radius 2 is 1.74 bits per heavy atom. The summed E-state index contributed by atoms with van der Waals surface area (Å²) < 4.78 is 17.1. The normalized spacial score (nSPS) is 25.7. The maximum atomic E-state index is 12.8. The number of rotatable bonds is 11. The minimum atomic E-state index is -0.862. The highest BCUT2D eigenvalue weighted by molar-refractivity contribution is 5.87. The standard InChI is InChI=1S/C25H37N3O7/c1-14(24(32)28-20(23(26)31)11-19-9-7-6-8-10-19)12-34-25-22(27-17(4)29)16(3)15(2)21(35-25)13-33-18(5)30/h6-10,14-16,20-22,25H,11-13H2,1-5H3,(H2,26,31)(H,27,29)(H,28,32)/t14-,15-,16-,20-,21?,22-,25?/m0/s1. The lowest BCUT2D eigenvalue weighted by molar-refractivity contribution is -0.246. The van der Waals surface area contributed by atoms with E-state index in [2.05, 4.69) is 10.6 Å². The van der Waals surface area contributed by atoms with Crippen LogP contribution >= 0.6 is 0 Å². The van der Waals surface area contributed by atoms with Gasteiger partial charge in [0.05, 0.1) is 24.7 Å². The minimum absolute atomic E-state index is 0.0230. The van der Waals surface area contributed by atoms with Crippen molar-refractivity contribution < 1.29 is 33.4 Å². The van der Waals surface area contributed by atoms with E-state index in [1.807, 2.05) is 44.2 Å². The molecule has 0 aliphatic carbocycles. The third-order valence-electron chi connectivity index (χ3n) is 6.31. The number of benzene rings is 1. The molecule has 0 bridgehead atoms. The quantitative estimate of drug-likeness (QED) is 0.390. The van der Waals surface area contributed by atoms with E-state index in [0.717, 1.165) is 5.56 Å². The zero-order valence-electron chi connectivity index (χ0n) is 21.0. The molecule has 1 saturated heterocycles. The van der Waals surface area contributed by atoms with E-state index in [-0.39, 0.29) is 37.4 Å². The highest BCUT2D eigenvalue weighted by atomic mass is 16.7. The summed E-state index contributed by atoms with van der Waals surface area (Å²) in [5.41, 5.74) is 6.37. The molecule has 4 N–H and O–H groups in total. The summed E-state index contributed by atoms with van der Waals surface area (Å²) in [4.78, 5) is 47.7. The van der Waals surface area contributed by atoms with Crippen LogP contribution in [0.2, 0.25) is 0 Å². The number of esters is 1. The molecule has 35 heavy (non-hydrogen) atoms. The predicted octanol–water partition coefficient (Wildman–Crippen LogP) is 0.917. The van der Waals surface area contributed by atoms with E-state index >= 15 is 0 Å². The average molecular weight is 492 g/mol. The van der Waals surface area contributed by atoms with Crippen LogP contribution in [0, 0.1) is 17.8 Å². The number of ether oxygens (including phenoxy) is 3.